The van der Waals surface area contributed by atoms with Crippen LogP contribution in [-0.4, -0.2) is 73.1 Å². The van der Waals surface area contributed by atoms with E-state index in [4.69, 9.17) is 16.3 Å². The number of aromatic nitrogens is 4. The summed E-state index contributed by atoms with van der Waals surface area (Å²) in [4.78, 5) is 20.4. The molecule has 1 unspecified atom stereocenters. The molecule has 1 saturated heterocycles. The summed E-state index contributed by atoms with van der Waals surface area (Å²) in [5.41, 5.74) is 2.58. The second-order valence-corrected chi connectivity index (χ2v) is 10.2. The fourth-order valence-electron chi connectivity index (χ4n) is 4.15. The van der Waals surface area contributed by atoms with E-state index in [0.29, 0.717) is 55.3 Å². The van der Waals surface area contributed by atoms with Crippen LogP contribution in [-0.2, 0) is 17.9 Å². The van der Waals surface area contributed by atoms with Gasteiger partial charge in [0.1, 0.15) is 17.4 Å². The van der Waals surface area contributed by atoms with E-state index in [9.17, 15) is 9.90 Å². The topological polar surface area (TPSA) is 96.6 Å². The monoisotopic (exact) mass is 548 g/mol. The lowest BCUT2D eigenvalue weighted by Crippen LogP contribution is -2.50. The van der Waals surface area contributed by atoms with E-state index < -0.39 is 6.10 Å². The van der Waals surface area contributed by atoms with Crippen LogP contribution in [0, 0.1) is 5.92 Å². The lowest BCUT2D eigenvalue weighted by Gasteiger charge is -2.35. The van der Waals surface area contributed by atoms with Crippen molar-refractivity contribution in [1.29, 1.82) is 0 Å². The van der Waals surface area contributed by atoms with E-state index in [2.05, 4.69) is 36.1 Å². The van der Waals surface area contributed by atoms with Crippen molar-refractivity contribution in [1.82, 2.24) is 29.8 Å². The minimum atomic E-state index is -0.977. The first-order valence-corrected chi connectivity index (χ1v) is 12.6. The number of carbonyl (C=O) groups excluding carboxylic acids is 1. The summed E-state index contributed by atoms with van der Waals surface area (Å²) in [5.74, 6) is 1.54. The minimum absolute atomic E-state index is 0.234. The maximum Gasteiger partial charge on any atom is 0.251 e. The van der Waals surface area contributed by atoms with Gasteiger partial charge < -0.3 is 14.7 Å². The summed E-state index contributed by atoms with van der Waals surface area (Å²) in [5, 5.41) is 18.8. The van der Waals surface area contributed by atoms with Gasteiger partial charge in [-0.1, -0.05) is 16.8 Å². The zero-order valence-corrected chi connectivity index (χ0v) is 21.2. The van der Waals surface area contributed by atoms with Crippen molar-refractivity contribution < 1.29 is 14.6 Å². The first-order valence-electron chi connectivity index (χ1n) is 11.4. The van der Waals surface area contributed by atoms with Crippen molar-refractivity contribution in [3.05, 3.63) is 39.5 Å². The molecule has 0 radical (unpaired) electrons. The molecule has 1 amide bonds. The number of halogens is 2. The van der Waals surface area contributed by atoms with Gasteiger partial charge in [-0.2, -0.15) is 0 Å². The SMILES string of the molecule is CC(O)C(=O)N1CCN(Cc2cc(Cl)cnc2Oc2ccc3c(nnn3CC3CC3)c2Br)CC1. The quantitative estimate of drug-likeness (QED) is 0.482. The van der Waals surface area contributed by atoms with Crippen molar-refractivity contribution in [2.45, 2.75) is 39.0 Å². The molecule has 2 fully saturated rings. The molecule has 1 aromatic carbocycles. The van der Waals surface area contributed by atoms with Crippen LogP contribution >= 0.6 is 27.5 Å². The highest BCUT2D eigenvalue weighted by Crippen LogP contribution is 2.37. The van der Waals surface area contributed by atoms with E-state index in [0.717, 1.165) is 27.6 Å². The lowest BCUT2D eigenvalue weighted by molar-refractivity contribution is -0.141. The second kappa shape index (κ2) is 9.77. The van der Waals surface area contributed by atoms with Gasteiger partial charge in [0.2, 0.25) is 5.88 Å². The van der Waals surface area contributed by atoms with E-state index >= 15 is 0 Å². The van der Waals surface area contributed by atoms with Crippen molar-refractivity contribution in [2.75, 3.05) is 26.2 Å². The fourth-order valence-corrected chi connectivity index (χ4v) is 4.83. The van der Waals surface area contributed by atoms with Crippen molar-refractivity contribution >= 4 is 44.5 Å². The molecule has 1 aliphatic carbocycles. The van der Waals surface area contributed by atoms with Gasteiger partial charge in [-0.15, -0.1) is 5.10 Å². The predicted molar refractivity (Wildman–Crippen MR) is 131 cm³/mol. The average Bonchev–Trinajstić information content (AvgIpc) is 3.55. The Morgan fingerprint density at radius 1 is 1.29 bits per heavy atom. The Labute approximate surface area is 210 Å². The number of aliphatic hydroxyl groups is 1. The molecule has 2 aliphatic rings. The summed E-state index contributed by atoms with van der Waals surface area (Å²) >= 11 is 9.89. The highest BCUT2D eigenvalue weighted by molar-refractivity contribution is 9.10. The summed E-state index contributed by atoms with van der Waals surface area (Å²) in [6.45, 7) is 5.46. The zero-order valence-electron chi connectivity index (χ0n) is 18.8. The van der Waals surface area contributed by atoms with Crippen LogP contribution in [0.1, 0.15) is 25.3 Å². The van der Waals surface area contributed by atoms with Gasteiger partial charge in [0.15, 0.2) is 0 Å². The maximum absolute atomic E-state index is 12.0. The molecule has 5 rings (SSSR count). The molecule has 0 spiro atoms. The molecule has 3 heterocycles. The number of hydrogen-bond acceptors (Lipinski definition) is 7. The zero-order chi connectivity index (χ0) is 23.8. The normalized spacial score (nSPS) is 17.8. The molecule has 1 aliphatic heterocycles. The molecule has 1 atom stereocenters. The number of carbonyl (C=O) groups is 1. The molecule has 0 bridgehead atoms. The van der Waals surface area contributed by atoms with Gasteiger partial charge in [-0.05, 0) is 59.8 Å². The summed E-state index contributed by atoms with van der Waals surface area (Å²) < 4.78 is 8.91. The van der Waals surface area contributed by atoms with Crippen molar-refractivity contribution in [2.24, 2.45) is 5.92 Å². The maximum atomic E-state index is 12.0. The van der Waals surface area contributed by atoms with E-state index in [1.54, 1.807) is 11.1 Å². The second-order valence-electron chi connectivity index (χ2n) is 8.96. The van der Waals surface area contributed by atoms with Gasteiger partial charge in [0, 0.05) is 51.0 Å². The number of fused-ring (bicyclic) bond motifs is 1. The molecule has 180 valence electrons. The molecule has 9 nitrogen and oxygen atoms in total. The van der Waals surface area contributed by atoms with Crippen molar-refractivity contribution in [3.63, 3.8) is 0 Å². The van der Waals surface area contributed by atoms with Crippen LogP contribution in [0.2, 0.25) is 5.02 Å². The van der Waals surface area contributed by atoms with Gasteiger partial charge in [-0.25, -0.2) is 9.67 Å². The third kappa shape index (κ3) is 5.05. The third-order valence-electron chi connectivity index (χ3n) is 6.25. The Balaban J connectivity index is 1.32. The predicted octanol–water partition coefficient (Wildman–Crippen LogP) is 3.47. The lowest BCUT2D eigenvalue weighted by atomic mass is 10.2. The van der Waals surface area contributed by atoms with Crippen LogP contribution < -0.4 is 4.74 Å². The molecular formula is C23H26BrClN6O3. The Morgan fingerprint density at radius 3 is 2.76 bits per heavy atom. The van der Waals surface area contributed by atoms with Crippen LogP contribution in [0.3, 0.4) is 0 Å². The number of nitrogens with zero attached hydrogens (tertiary/aromatic N) is 6. The number of benzene rings is 1. The van der Waals surface area contributed by atoms with Gasteiger partial charge in [0.05, 0.1) is 15.0 Å². The van der Waals surface area contributed by atoms with Crippen LogP contribution in [0.25, 0.3) is 11.0 Å². The highest BCUT2D eigenvalue weighted by atomic mass is 79.9. The number of amides is 1. The van der Waals surface area contributed by atoms with E-state index in [-0.39, 0.29) is 5.91 Å². The number of piperazine rings is 1. The van der Waals surface area contributed by atoms with E-state index in [1.807, 2.05) is 22.9 Å². The molecule has 1 N–H and O–H groups in total. The third-order valence-corrected chi connectivity index (χ3v) is 7.23. The Bertz CT molecular complexity index is 1210. The molecule has 1 saturated carbocycles. The largest absolute Gasteiger partial charge is 0.437 e. The van der Waals surface area contributed by atoms with Gasteiger partial charge in [0.25, 0.3) is 5.91 Å². The molecule has 2 aromatic heterocycles. The summed E-state index contributed by atoms with van der Waals surface area (Å²) in [6, 6.07) is 5.74. The average molecular weight is 550 g/mol. The standard InChI is InChI=1S/C23H26BrClN6O3/c1-14(32)23(33)30-8-6-29(7-9-30)13-16-10-17(25)11-26-22(16)34-19-5-4-18-21(20(19)24)27-28-31(18)12-15-2-3-15/h4-5,10-11,14-15,32H,2-3,6-9,12-13H2,1H3. The van der Waals surface area contributed by atoms with Gasteiger partial charge >= 0.3 is 0 Å². The Morgan fingerprint density at radius 2 is 2.06 bits per heavy atom. The number of aliphatic hydroxyl groups excluding tert-OH is 1. The van der Waals surface area contributed by atoms with Crippen LogP contribution in [0.5, 0.6) is 11.6 Å². The number of rotatable bonds is 7. The van der Waals surface area contributed by atoms with Crippen molar-refractivity contribution in [3.8, 4) is 11.6 Å². The highest BCUT2D eigenvalue weighted by Gasteiger charge is 2.26. The van der Waals surface area contributed by atoms with Crippen LogP contribution in [0.15, 0.2) is 28.9 Å². The summed E-state index contributed by atoms with van der Waals surface area (Å²) in [7, 11) is 0. The Kier molecular flexibility index (Phi) is 6.74. The first kappa shape index (κ1) is 23.5. The number of ether oxygens (including phenoxy) is 1. The smallest absolute Gasteiger partial charge is 0.251 e. The fraction of sp³-hybridized carbons (Fsp3) is 0.478. The van der Waals surface area contributed by atoms with Crippen LogP contribution in [0.4, 0.5) is 0 Å². The summed E-state index contributed by atoms with van der Waals surface area (Å²) in [6.07, 6.45) is 3.09. The minimum Gasteiger partial charge on any atom is -0.437 e. The van der Waals surface area contributed by atoms with Gasteiger partial charge in [-0.3, -0.25) is 9.69 Å². The Hall–Kier alpha value is -2.27. The van der Waals surface area contributed by atoms with E-state index in [1.165, 1.54) is 19.8 Å². The number of hydrogen-bond donors (Lipinski definition) is 1. The molecular weight excluding hydrogens is 524 g/mol. The molecule has 34 heavy (non-hydrogen) atoms. The molecule has 3 aromatic rings. The molecule has 11 heteroatoms. The first-order chi connectivity index (χ1) is 16.4. The number of pyridine rings is 1.